The highest BCUT2D eigenvalue weighted by atomic mass is 19.4. The summed E-state index contributed by atoms with van der Waals surface area (Å²) in [6.07, 6.45) is -2.49. The first-order valence-corrected chi connectivity index (χ1v) is 9.78. The molecule has 1 saturated heterocycles. The number of rotatable bonds is 6. The third-order valence-electron chi connectivity index (χ3n) is 5.39. The lowest BCUT2D eigenvalue weighted by Crippen LogP contribution is -2.47. The third kappa shape index (κ3) is 4.93. The molecule has 1 heterocycles. The molecule has 160 valence electrons. The summed E-state index contributed by atoms with van der Waals surface area (Å²) in [5.41, 5.74) is 1.21. The molecule has 2 aromatic rings. The Bertz CT molecular complexity index is 893. The van der Waals surface area contributed by atoms with E-state index in [-0.39, 0.29) is 18.4 Å². The minimum Gasteiger partial charge on any atom is -0.386 e. The van der Waals surface area contributed by atoms with Gasteiger partial charge in [0.15, 0.2) is 0 Å². The first kappa shape index (κ1) is 21.7. The van der Waals surface area contributed by atoms with Gasteiger partial charge in [-0.1, -0.05) is 30.3 Å². The maximum atomic E-state index is 12.9. The summed E-state index contributed by atoms with van der Waals surface area (Å²) < 4.78 is 38.6. The lowest BCUT2D eigenvalue weighted by atomic mass is 10.0. The molecule has 1 aliphatic heterocycles. The molecule has 3 rings (SSSR count). The fourth-order valence-electron chi connectivity index (χ4n) is 3.79. The first-order valence-electron chi connectivity index (χ1n) is 9.78. The number of nitrogens with one attached hydrogen (secondary N) is 1. The van der Waals surface area contributed by atoms with Crippen LogP contribution in [0, 0.1) is 0 Å². The van der Waals surface area contributed by atoms with Crippen LogP contribution in [0.3, 0.4) is 0 Å². The second-order valence-corrected chi connectivity index (χ2v) is 7.27. The maximum Gasteiger partial charge on any atom is 0.416 e. The molecule has 5 nitrogen and oxygen atoms in total. The average Bonchev–Trinajstić information content (AvgIpc) is 2.74. The molecular weight excluding hydrogens is 395 g/mol. The molecule has 0 unspecified atom stereocenters. The van der Waals surface area contributed by atoms with E-state index in [1.54, 1.807) is 16.8 Å². The van der Waals surface area contributed by atoms with Crippen molar-refractivity contribution in [1.29, 1.82) is 0 Å². The summed E-state index contributed by atoms with van der Waals surface area (Å²) in [7, 11) is 1.79. The molecule has 0 saturated carbocycles. The van der Waals surface area contributed by atoms with E-state index in [1.165, 1.54) is 12.1 Å². The van der Waals surface area contributed by atoms with Crippen LogP contribution >= 0.6 is 0 Å². The van der Waals surface area contributed by atoms with E-state index in [9.17, 15) is 22.8 Å². The standard InChI is InChI=1S/C22H24F3N3O2/c1-26-19-7-2-3-8-20(19)28(15-29)18-9-11-27(12-10-18)21(30)14-16-5-4-6-17(13-16)22(23,24)25/h2-8,13,15,18,26H,9-12,14H2,1H3. The molecule has 2 amide bonds. The van der Waals surface area contributed by atoms with Crippen LogP contribution in [0.15, 0.2) is 48.5 Å². The van der Waals surface area contributed by atoms with Crippen molar-refractivity contribution in [2.24, 2.45) is 0 Å². The van der Waals surface area contributed by atoms with E-state index in [1.807, 2.05) is 24.3 Å². The molecule has 1 aliphatic rings. The number of carbonyl (C=O) groups excluding carboxylic acids is 2. The van der Waals surface area contributed by atoms with E-state index in [0.717, 1.165) is 29.9 Å². The number of likely N-dealkylation sites (tertiary alicyclic amines) is 1. The predicted octanol–water partition coefficient (Wildman–Crippen LogP) is 3.94. The number of benzene rings is 2. The Labute approximate surface area is 173 Å². The summed E-state index contributed by atoms with van der Waals surface area (Å²) in [6, 6.07) is 12.3. The largest absolute Gasteiger partial charge is 0.416 e. The van der Waals surface area contributed by atoms with Crippen LogP contribution in [0.5, 0.6) is 0 Å². The van der Waals surface area contributed by atoms with Crippen LogP contribution in [-0.2, 0) is 22.2 Å². The molecule has 1 fully saturated rings. The van der Waals surface area contributed by atoms with Gasteiger partial charge >= 0.3 is 6.18 Å². The monoisotopic (exact) mass is 419 g/mol. The van der Waals surface area contributed by atoms with Gasteiger partial charge in [0.1, 0.15) is 0 Å². The van der Waals surface area contributed by atoms with Crippen LogP contribution < -0.4 is 10.2 Å². The van der Waals surface area contributed by atoms with Crippen molar-refractivity contribution in [3.8, 4) is 0 Å². The Hall–Kier alpha value is -3.03. The van der Waals surface area contributed by atoms with Gasteiger partial charge in [0, 0.05) is 26.2 Å². The van der Waals surface area contributed by atoms with Gasteiger partial charge < -0.3 is 15.1 Å². The van der Waals surface area contributed by atoms with Gasteiger partial charge in [-0.2, -0.15) is 13.2 Å². The van der Waals surface area contributed by atoms with Crippen LogP contribution in [-0.4, -0.2) is 43.4 Å². The molecule has 30 heavy (non-hydrogen) atoms. The van der Waals surface area contributed by atoms with Crippen molar-refractivity contribution < 1.29 is 22.8 Å². The van der Waals surface area contributed by atoms with E-state index in [2.05, 4.69) is 5.32 Å². The van der Waals surface area contributed by atoms with Crippen molar-refractivity contribution in [2.75, 3.05) is 30.4 Å². The molecule has 1 N–H and O–H groups in total. The topological polar surface area (TPSA) is 52.7 Å². The molecule has 0 bridgehead atoms. The number of halogens is 3. The number of alkyl halides is 3. The van der Waals surface area contributed by atoms with Gasteiger partial charge in [-0.3, -0.25) is 9.59 Å². The second-order valence-electron chi connectivity index (χ2n) is 7.27. The zero-order valence-corrected chi connectivity index (χ0v) is 16.7. The van der Waals surface area contributed by atoms with Crippen LogP contribution in [0.4, 0.5) is 24.5 Å². The lowest BCUT2D eigenvalue weighted by molar-refractivity contribution is -0.138. The molecular formula is C22H24F3N3O2. The third-order valence-corrected chi connectivity index (χ3v) is 5.39. The van der Waals surface area contributed by atoms with E-state index < -0.39 is 11.7 Å². The summed E-state index contributed by atoms with van der Waals surface area (Å²) in [5, 5.41) is 3.07. The normalized spacial score (nSPS) is 15.0. The second kappa shape index (κ2) is 9.19. The predicted molar refractivity (Wildman–Crippen MR) is 109 cm³/mol. The Morgan fingerprint density at radius 2 is 1.87 bits per heavy atom. The number of hydrogen-bond acceptors (Lipinski definition) is 3. The molecule has 0 aliphatic carbocycles. The summed E-state index contributed by atoms with van der Waals surface area (Å²) >= 11 is 0. The Morgan fingerprint density at radius 1 is 1.17 bits per heavy atom. The first-order chi connectivity index (χ1) is 14.3. The van der Waals surface area contributed by atoms with Crippen LogP contribution in [0.1, 0.15) is 24.0 Å². The smallest absolute Gasteiger partial charge is 0.386 e. The number of para-hydroxylation sites is 2. The highest BCUT2D eigenvalue weighted by Gasteiger charge is 2.31. The quantitative estimate of drug-likeness (QED) is 0.722. The van der Waals surface area contributed by atoms with E-state index in [4.69, 9.17) is 0 Å². The Kier molecular flexibility index (Phi) is 6.64. The number of piperidine rings is 1. The SMILES string of the molecule is CNc1ccccc1N(C=O)C1CCN(C(=O)Cc2cccc(C(F)(F)F)c2)CC1. The highest BCUT2D eigenvalue weighted by Crippen LogP contribution is 2.31. The van der Waals surface area contributed by atoms with Gasteiger partial charge in [0.25, 0.3) is 0 Å². The van der Waals surface area contributed by atoms with Crippen molar-refractivity contribution in [2.45, 2.75) is 31.5 Å². The molecule has 2 aromatic carbocycles. The summed E-state index contributed by atoms with van der Waals surface area (Å²) in [6.45, 7) is 0.906. The number of hydrogen-bond donors (Lipinski definition) is 1. The minimum absolute atomic E-state index is 0.0467. The zero-order chi connectivity index (χ0) is 21.7. The van der Waals surface area contributed by atoms with Gasteiger partial charge in [-0.25, -0.2) is 0 Å². The molecule has 8 heteroatoms. The van der Waals surface area contributed by atoms with Gasteiger partial charge in [0.2, 0.25) is 12.3 Å². The molecule has 0 atom stereocenters. The van der Waals surface area contributed by atoms with Crippen LogP contribution in [0.25, 0.3) is 0 Å². The lowest BCUT2D eigenvalue weighted by Gasteiger charge is -2.37. The van der Waals surface area contributed by atoms with Crippen molar-refractivity contribution in [3.05, 3.63) is 59.7 Å². The summed E-state index contributed by atoms with van der Waals surface area (Å²) in [5.74, 6) is -0.207. The van der Waals surface area contributed by atoms with Gasteiger partial charge in [-0.05, 0) is 36.6 Å². The summed E-state index contributed by atoms with van der Waals surface area (Å²) in [4.78, 5) is 27.7. The highest BCUT2D eigenvalue weighted by molar-refractivity contribution is 5.84. The molecule has 0 aromatic heterocycles. The van der Waals surface area contributed by atoms with E-state index in [0.29, 0.717) is 31.5 Å². The van der Waals surface area contributed by atoms with Gasteiger partial charge in [-0.15, -0.1) is 0 Å². The van der Waals surface area contributed by atoms with E-state index >= 15 is 0 Å². The van der Waals surface area contributed by atoms with Gasteiger partial charge in [0.05, 0.1) is 23.4 Å². The number of amides is 2. The average molecular weight is 419 g/mol. The minimum atomic E-state index is -4.43. The molecule has 0 radical (unpaired) electrons. The fourth-order valence-corrected chi connectivity index (χ4v) is 3.79. The zero-order valence-electron chi connectivity index (χ0n) is 16.7. The number of nitrogens with zero attached hydrogens (tertiary/aromatic N) is 2. The van der Waals surface area contributed by atoms with Crippen molar-refractivity contribution >= 4 is 23.7 Å². The maximum absolute atomic E-state index is 12.9. The number of anilines is 2. The van der Waals surface area contributed by atoms with Crippen molar-refractivity contribution in [3.63, 3.8) is 0 Å². The van der Waals surface area contributed by atoms with Crippen molar-refractivity contribution in [1.82, 2.24) is 4.90 Å². The molecule has 0 spiro atoms. The fraction of sp³-hybridized carbons (Fsp3) is 0.364. The van der Waals surface area contributed by atoms with Crippen LogP contribution in [0.2, 0.25) is 0 Å². The Morgan fingerprint density at radius 3 is 2.50 bits per heavy atom. The Balaban J connectivity index is 1.62. The number of carbonyl (C=O) groups is 2.